The van der Waals surface area contributed by atoms with Crippen LogP contribution in [0.2, 0.25) is 0 Å². The number of halogens is 1. The van der Waals surface area contributed by atoms with Crippen LogP contribution >= 0.6 is 0 Å². The lowest BCUT2D eigenvalue weighted by atomic mass is 9.81. The summed E-state index contributed by atoms with van der Waals surface area (Å²) in [5.74, 6) is 0.284. The molecule has 4 heterocycles. The number of pyridine rings is 1. The Kier molecular flexibility index (Phi) is 8.07. The first-order valence-corrected chi connectivity index (χ1v) is 16.4. The Morgan fingerprint density at radius 1 is 1.07 bits per heavy atom. The van der Waals surface area contributed by atoms with Gasteiger partial charge in [0, 0.05) is 36.7 Å². The molecule has 8 heteroatoms. The third kappa shape index (κ3) is 5.61. The van der Waals surface area contributed by atoms with E-state index in [4.69, 9.17) is 14.2 Å². The van der Waals surface area contributed by atoms with Gasteiger partial charge in [-0.05, 0) is 97.7 Å². The summed E-state index contributed by atoms with van der Waals surface area (Å²) in [6.45, 7) is 1.82. The maximum absolute atomic E-state index is 15.4. The summed E-state index contributed by atoms with van der Waals surface area (Å²) in [5.41, 5.74) is 5.78. The van der Waals surface area contributed by atoms with E-state index in [1.54, 1.807) is 20.3 Å². The molecule has 0 amide bonds. The molecule has 3 aromatic rings. The topological polar surface area (TPSA) is 81.1 Å². The van der Waals surface area contributed by atoms with Crippen LogP contribution in [0.4, 0.5) is 4.39 Å². The summed E-state index contributed by atoms with van der Waals surface area (Å²) in [5, 5.41) is 9.81. The van der Waals surface area contributed by atoms with Crippen molar-refractivity contribution in [1.82, 2.24) is 9.88 Å². The van der Waals surface area contributed by atoms with Gasteiger partial charge < -0.3 is 19.3 Å². The van der Waals surface area contributed by atoms with Crippen molar-refractivity contribution in [3.63, 3.8) is 0 Å². The lowest BCUT2D eigenvalue weighted by molar-refractivity contribution is -0.142. The van der Waals surface area contributed by atoms with Gasteiger partial charge in [0.25, 0.3) is 0 Å². The fourth-order valence-electron chi connectivity index (χ4n) is 8.44. The molecule has 3 aliphatic heterocycles. The Hall–Kier alpha value is -3.49. The largest absolute Gasteiger partial charge is 0.485 e. The number of hydrogen-bond acceptors (Lipinski definition) is 6. The molecule has 238 valence electrons. The van der Waals surface area contributed by atoms with Crippen LogP contribution in [0.3, 0.4) is 0 Å². The normalized spacial score (nSPS) is 27.4. The summed E-state index contributed by atoms with van der Waals surface area (Å²) in [6.07, 6.45) is 8.10. The van der Waals surface area contributed by atoms with Crippen LogP contribution in [-0.4, -0.2) is 60.4 Å². The zero-order valence-corrected chi connectivity index (χ0v) is 26.5. The van der Waals surface area contributed by atoms with Gasteiger partial charge >= 0.3 is 5.97 Å². The number of benzene rings is 2. The average molecular weight is 615 g/mol. The van der Waals surface area contributed by atoms with E-state index in [1.807, 2.05) is 13.0 Å². The van der Waals surface area contributed by atoms with E-state index in [1.165, 1.54) is 6.20 Å². The summed E-state index contributed by atoms with van der Waals surface area (Å²) >= 11 is 0. The Labute approximate surface area is 264 Å². The van der Waals surface area contributed by atoms with Crippen LogP contribution in [0.15, 0.2) is 48.7 Å². The molecule has 4 unspecified atom stereocenters. The molecule has 0 spiro atoms. The Morgan fingerprint density at radius 3 is 2.62 bits per heavy atom. The number of aliphatic carboxylic acids is 1. The highest BCUT2D eigenvalue weighted by molar-refractivity contribution is 5.72. The second-order valence-electron chi connectivity index (χ2n) is 13.6. The maximum atomic E-state index is 15.4. The molecule has 7 rings (SSSR count). The number of rotatable bonds is 9. The first-order valence-electron chi connectivity index (χ1n) is 16.4. The number of carbonyl (C=O) groups is 1. The van der Waals surface area contributed by atoms with E-state index < -0.39 is 11.9 Å². The lowest BCUT2D eigenvalue weighted by Crippen LogP contribution is -2.43. The van der Waals surface area contributed by atoms with E-state index in [9.17, 15) is 9.90 Å². The monoisotopic (exact) mass is 614 g/mol. The van der Waals surface area contributed by atoms with Crippen molar-refractivity contribution in [1.29, 1.82) is 0 Å². The first kappa shape index (κ1) is 30.2. The molecule has 1 aliphatic carbocycles. The third-order valence-corrected chi connectivity index (χ3v) is 11.1. The zero-order valence-electron chi connectivity index (χ0n) is 26.5. The highest BCUT2D eigenvalue weighted by Gasteiger charge is 2.46. The summed E-state index contributed by atoms with van der Waals surface area (Å²) in [7, 11) is 5.56. The fraction of sp³-hybridized carbons (Fsp3) is 0.514. The number of aryl methyl sites for hydroxylation is 1. The smallest absolute Gasteiger partial charge is 0.306 e. The summed E-state index contributed by atoms with van der Waals surface area (Å²) in [4.78, 5) is 18.5. The van der Waals surface area contributed by atoms with Gasteiger partial charge in [-0.1, -0.05) is 37.3 Å². The molecule has 4 aliphatic rings. The van der Waals surface area contributed by atoms with Gasteiger partial charge in [0.2, 0.25) is 5.88 Å². The number of carboxylic acids is 1. The molecule has 1 aromatic heterocycles. The van der Waals surface area contributed by atoms with Gasteiger partial charge in [0.1, 0.15) is 17.7 Å². The number of aromatic nitrogens is 1. The van der Waals surface area contributed by atoms with Gasteiger partial charge in [-0.25, -0.2) is 9.37 Å². The van der Waals surface area contributed by atoms with Crippen LogP contribution in [0.25, 0.3) is 11.1 Å². The van der Waals surface area contributed by atoms with Crippen molar-refractivity contribution in [2.75, 3.05) is 21.3 Å². The van der Waals surface area contributed by atoms with E-state index >= 15 is 4.39 Å². The molecule has 7 nitrogen and oxygen atoms in total. The number of fused-ring (bicyclic) bond motifs is 3. The van der Waals surface area contributed by atoms with E-state index in [0.29, 0.717) is 29.4 Å². The summed E-state index contributed by atoms with van der Waals surface area (Å²) < 4.78 is 33.3. The molecule has 7 atom stereocenters. The number of likely N-dealkylation sites (N-methyl/N-ethyl adjacent to an activating group) is 1. The van der Waals surface area contributed by atoms with Crippen molar-refractivity contribution >= 4 is 5.97 Å². The average Bonchev–Trinajstić information content (AvgIpc) is 3.87. The van der Waals surface area contributed by atoms with E-state index in [2.05, 4.69) is 47.3 Å². The van der Waals surface area contributed by atoms with Crippen LogP contribution in [0.1, 0.15) is 85.6 Å². The number of methoxy groups -OCH3 is 2. The van der Waals surface area contributed by atoms with Gasteiger partial charge in [-0.3, -0.25) is 9.69 Å². The molecule has 3 fully saturated rings. The third-order valence-electron chi connectivity index (χ3n) is 11.1. The molecule has 2 bridgehead atoms. The predicted molar refractivity (Wildman–Crippen MR) is 169 cm³/mol. The lowest BCUT2D eigenvalue weighted by Gasteiger charge is -2.37. The minimum Gasteiger partial charge on any atom is -0.485 e. The number of piperidine rings is 1. The molecular formula is C37H43FN2O5. The van der Waals surface area contributed by atoms with Crippen molar-refractivity contribution < 1.29 is 28.5 Å². The van der Waals surface area contributed by atoms with Crippen LogP contribution < -0.4 is 9.47 Å². The van der Waals surface area contributed by atoms with Gasteiger partial charge in [-0.2, -0.15) is 0 Å². The van der Waals surface area contributed by atoms with E-state index in [-0.39, 0.29) is 29.9 Å². The summed E-state index contributed by atoms with van der Waals surface area (Å²) in [6, 6.07) is 15.1. The van der Waals surface area contributed by atoms with Crippen molar-refractivity contribution in [2.45, 2.75) is 88.0 Å². The molecular weight excluding hydrogens is 571 g/mol. The molecule has 2 aromatic carbocycles. The molecule has 45 heavy (non-hydrogen) atoms. The highest BCUT2D eigenvalue weighted by Crippen LogP contribution is 2.50. The predicted octanol–water partition coefficient (Wildman–Crippen LogP) is 7.14. The van der Waals surface area contributed by atoms with Crippen molar-refractivity contribution in [2.24, 2.45) is 11.8 Å². The van der Waals surface area contributed by atoms with Crippen molar-refractivity contribution in [3.05, 3.63) is 76.7 Å². The Balaban J connectivity index is 1.25. The fourth-order valence-corrected chi connectivity index (χ4v) is 8.44. The van der Waals surface area contributed by atoms with Crippen LogP contribution in [0, 0.1) is 17.7 Å². The Bertz CT molecular complexity index is 1590. The van der Waals surface area contributed by atoms with Crippen molar-refractivity contribution in [3.8, 4) is 22.8 Å². The minimum absolute atomic E-state index is 0.00967. The van der Waals surface area contributed by atoms with E-state index in [0.717, 1.165) is 78.5 Å². The number of nitrogens with zero attached hydrogens (tertiary/aromatic N) is 2. The van der Waals surface area contributed by atoms with Gasteiger partial charge in [0.05, 0.1) is 25.3 Å². The first-order chi connectivity index (χ1) is 21.7. The standard InChI is InChI=1S/C37H43FN2O5/c1-20(37(41)42)36(22-6-7-22)24-8-5-21-10-12-33(45-34(21)14-24)23-9-11-27(29-18-35(44-4)39-19-31(29)38)28(13-23)30-16-25-15-26(43-3)17-32(30)40(25)2/h5,8-9,11,13-14,18-20,22,25-26,30,32-33,36H,6-7,10,12,15-17H2,1-4H3,(H,41,42)/t20-,25?,26+,30?,32?,33?,36-/m0/s1. The second kappa shape index (κ2) is 12.0. The van der Waals surface area contributed by atoms with Crippen LogP contribution in [0.5, 0.6) is 11.6 Å². The SMILES string of the molecule is COc1cc(-c2ccc(C3CCc4ccc([C@H](C5CC5)[C@H](C)C(=O)O)cc4O3)cc2C2CC3C[C@@H](OC)CC2N3C)c(F)cn1. The van der Waals surface area contributed by atoms with Gasteiger partial charge in [-0.15, -0.1) is 0 Å². The quantitative estimate of drug-likeness (QED) is 0.274. The number of hydrogen-bond donors (Lipinski definition) is 1. The number of ether oxygens (including phenoxy) is 3. The second-order valence-corrected chi connectivity index (χ2v) is 13.6. The molecule has 0 radical (unpaired) electrons. The Morgan fingerprint density at radius 2 is 1.89 bits per heavy atom. The molecule has 1 N–H and O–H groups in total. The van der Waals surface area contributed by atoms with Gasteiger partial charge in [0.15, 0.2) is 0 Å². The van der Waals surface area contributed by atoms with Crippen LogP contribution in [-0.2, 0) is 16.0 Å². The molecule has 1 saturated carbocycles. The number of carboxylic acid groups (broad SMARTS) is 1. The maximum Gasteiger partial charge on any atom is 0.306 e. The zero-order chi connectivity index (χ0) is 31.4. The minimum atomic E-state index is -0.752. The molecule has 2 saturated heterocycles. The highest BCUT2D eigenvalue weighted by atomic mass is 19.1.